The second kappa shape index (κ2) is 10.4. The summed E-state index contributed by atoms with van der Waals surface area (Å²) < 4.78 is 0. The van der Waals surface area contributed by atoms with E-state index in [-0.39, 0.29) is 12.5 Å². The molecule has 0 fully saturated rings. The number of carbonyl (C=O) groups is 2. The van der Waals surface area contributed by atoms with E-state index in [0.717, 1.165) is 5.56 Å². The standard InChI is InChI=1S/C24H23N7O3/c25-22(33)18-5-2-6-19-21(18)29-14-30-23(19)28-13-15-3-1-4-17(11-15)31-24(34)16-7-8-26-20(12-16)27-9-10-32/h1-8,11-12,14,32H,9-10,13H2,(H2,25,33)(H,26,27)(H,31,34)(H,28,29,30). The molecule has 10 heteroatoms. The van der Waals surface area contributed by atoms with E-state index in [0.29, 0.717) is 52.4 Å². The Morgan fingerprint density at radius 3 is 2.65 bits per heavy atom. The lowest BCUT2D eigenvalue weighted by molar-refractivity contribution is 0.0998. The van der Waals surface area contributed by atoms with Gasteiger partial charge in [0.25, 0.3) is 11.8 Å². The second-order valence-corrected chi connectivity index (χ2v) is 7.38. The van der Waals surface area contributed by atoms with Crippen molar-refractivity contribution in [1.29, 1.82) is 0 Å². The van der Waals surface area contributed by atoms with Gasteiger partial charge in [-0.25, -0.2) is 15.0 Å². The maximum absolute atomic E-state index is 12.7. The van der Waals surface area contributed by atoms with Crippen LogP contribution in [0.4, 0.5) is 17.3 Å². The van der Waals surface area contributed by atoms with E-state index in [2.05, 4.69) is 30.9 Å². The van der Waals surface area contributed by atoms with Gasteiger partial charge in [0.2, 0.25) is 0 Å². The Morgan fingerprint density at radius 1 is 0.971 bits per heavy atom. The first-order chi connectivity index (χ1) is 16.5. The molecule has 0 spiro atoms. The number of para-hydroxylation sites is 1. The van der Waals surface area contributed by atoms with Crippen LogP contribution in [-0.4, -0.2) is 45.0 Å². The van der Waals surface area contributed by atoms with Crippen molar-refractivity contribution in [2.24, 2.45) is 5.73 Å². The minimum Gasteiger partial charge on any atom is -0.395 e. The SMILES string of the molecule is NC(=O)c1cccc2c(NCc3cccc(NC(=O)c4ccnc(NCCO)c4)c3)ncnc12. The highest BCUT2D eigenvalue weighted by molar-refractivity contribution is 6.07. The van der Waals surface area contributed by atoms with Crippen molar-refractivity contribution in [1.82, 2.24) is 15.0 Å². The number of rotatable bonds is 9. The van der Waals surface area contributed by atoms with Crippen LogP contribution >= 0.6 is 0 Å². The first kappa shape index (κ1) is 22.6. The zero-order valence-electron chi connectivity index (χ0n) is 18.2. The summed E-state index contributed by atoms with van der Waals surface area (Å²) in [7, 11) is 0. The molecule has 2 aromatic heterocycles. The number of aliphatic hydroxyl groups is 1. The summed E-state index contributed by atoms with van der Waals surface area (Å²) in [5.41, 5.74) is 8.26. The second-order valence-electron chi connectivity index (χ2n) is 7.38. The van der Waals surface area contributed by atoms with Gasteiger partial charge in [-0.15, -0.1) is 0 Å². The number of anilines is 3. The van der Waals surface area contributed by atoms with Gasteiger partial charge in [0.05, 0.1) is 17.7 Å². The molecule has 2 amide bonds. The molecular weight excluding hydrogens is 434 g/mol. The zero-order valence-corrected chi connectivity index (χ0v) is 18.2. The molecule has 0 bridgehead atoms. The van der Waals surface area contributed by atoms with Crippen molar-refractivity contribution >= 4 is 40.0 Å². The minimum absolute atomic E-state index is 0.0317. The fourth-order valence-electron chi connectivity index (χ4n) is 3.43. The monoisotopic (exact) mass is 457 g/mol. The number of hydrogen-bond acceptors (Lipinski definition) is 8. The van der Waals surface area contributed by atoms with Crippen LogP contribution in [0.15, 0.2) is 67.1 Å². The lowest BCUT2D eigenvalue weighted by Crippen LogP contribution is -2.14. The summed E-state index contributed by atoms with van der Waals surface area (Å²) in [6, 6.07) is 15.8. The van der Waals surface area contributed by atoms with Gasteiger partial charge in [0, 0.05) is 35.9 Å². The maximum Gasteiger partial charge on any atom is 0.255 e. The Kier molecular flexibility index (Phi) is 6.89. The van der Waals surface area contributed by atoms with Gasteiger partial charge in [0.15, 0.2) is 0 Å². The number of hydrogen-bond donors (Lipinski definition) is 5. The number of nitrogens with zero attached hydrogens (tertiary/aromatic N) is 3. The van der Waals surface area contributed by atoms with E-state index >= 15 is 0 Å². The lowest BCUT2D eigenvalue weighted by Gasteiger charge is -2.11. The van der Waals surface area contributed by atoms with E-state index in [1.54, 1.807) is 30.3 Å². The van der Waals surface area contributed by atoms with Crippen LogP contribution in [0.5, 0.6) is 0 Å². The largest absolute Gasteiger partial charge is 0.395 e. The third-order valence-electron chi connectivity index (χ3n) is 5.02. The summed E-state index contributed by atoms with van der Waals surface area (Å²) in [5, 5.41) is 18.7. The quantitative estimate of drug-likeness (QED) is 0.257. The van der Waals surface area contributed by atoms with E-state index in [1.165, 1.54) is 12.5 Å². The number of aliphatic hydroxyl groups excluding tert-OH is 1. The highest BCUT2D eigenvalue weighted by Gasteiger charge is 2.12. The lowest BCUT2D eigenvalue weighted by atomic mass is 10.1. The molecule has 0 aliphatic rings. The van der Waals surface area contributed by atoms with Crippen LogP contribution in [0.2, 0.25) is 0 Å². The third kappa shape index (κ3) is 5.25. The molecule has 172 valence electrons. The number of carbonyl (C=O) groups excluding carboxylic acids is 2. The number of amides is 2. The van der Waals surface area contributed by atoms with Crippen LogP contribution in [0.25, 0.3) is 10.9 Å². The molecule has 0 atom stereocenters. The van der Waals surface area contributed by atoms with Gasteiger partial charge in [-0.3, -0.25) is 9.59 Å². The Balaban J connectivity index is 1.46. The number of nitrogens with one attached hydrogen (secondary N) is 3. The van der Waals surface area contributed by atoms with E-state index in [4.69, 9.17) is 10.8 Å². The molecule has 2 aromatic carbocycles. The molecule has 0 saturated carbocycles. The van der Waals surface area contributed by atoms with Crippen molar-refractivity contribution in [2.45, 2.75) is 6.54 Å². The van der Waals surface area contributed by atoms with Gasteiger partial charge in [-0.1, -0.05) is 18.2 Å². The molecule has 2 heterocycles. The van der Waals surface area contributed by atoms with Crippen molar-refractivity contribution < 1.29 is 14.7 Å². The first-order valence-corrected chi connectivity index (χ1v) is 10.5. The van der Waals surface area contributed by atoms with Gasteiger partial charge >= 0.3 is 0 Å². The van der Waals surface area contributed by atoms with Crippen molar-refractivity contribution in [3.63, 3.8) is 0 Å². The van der Waals surface area contributed by atoms with Gasteiger partial charge in [0.1, 0.15) is 18.0 Å². The van der Waals surface area contributed by atoms with Crippen LogP contribution in [0.3, 0.4) is 0 Å². The summed E-state index contributed by atoms with van der Waals surface area (Å²) in [6.45, 7) is 0.746. The highest BCUT2D eigenvalue weighted by atomic mass is 16.3. The molecule has 4 aromatic rings. The predicted octanol–water partition coefficient (Wildman–Crippen LogP) is 2.39. The molecule has 0 aliphatic heterocycles. The average Bonchev–Trinajstić information content (AvgIpc) is 2.86. The van der Waals surface area contributed by atoms with Crippen LogP contribution in [0.1, 0.15) is 26.3 Å². The van der Waals surface area contributed by atoms with E-state index < -0.39 is 5.91 Å². The molecule has 4 rings (SSSR count). The number of pyridine rings is 1. The Morgan fingerprint density at radius 2 is 1.82 bits per heavy atom. The molecule has 6 N–H and O–H groups in total. The van der Waals surface area contributed by atoms with Crippen molar-refractivity contribution in [3.8, 4) is 0 Å². The van der Waals surface area contributed by atoms with Crippen molar-refractivity contribution in [2.75, 3.05) is 29.1 Å². The Hall–Kier alpha value is -4.57. The molecule has 0 radical (unpaired) electrons. The molecule has 34 heavy (non-hydrogen) atoms. The van der Waals surface area contributed by atoms with Gasteiger partial charge < -0.3 is 26.8 Å². The minimum atomic E-state index is -0.552. The van der Waals surface area contributed by atoms with Crippen molar-refractivity contribution in [3.05, 3.63) is 83.8 Å². The molecule has 0 aliphatic carbocycles. The third-order valence-corrected chi connectivity index (χ3v) is 5.02. The number of nitrogens with two attached hydrogens (primary N) is 1. The molecule has 0 saturated heterocycles. The summed E-state index contributed by atoms with van der Waals surface area (Å²) in [5.74, 6) is 0.253. The number of fused-ring (bicyclic) bond motifs is 1. The average molecular weight is 457 g/mol. The van der Waals surface area contributed by atoms with E-state index in [1.807, 2.05) is 24.3 Å². The number of aromatic nitrogens is 3. The predicted molar refractivity (Wildman–Crippen MR) is 130 cm³/mol. The molecular formula is C24H23N7O3. The summed E-state index contributed by atoms with van der Waals surface area (Å²) in [4.78, 5) is 37.0. The number of benzene rings is 2. The van der Waals surface area contributed by atoms with Crippen LogP contribution in [-0.2, 0) is 6.54 Å². The fourth-order valence-corrected chi connectivity index (χ4v) is 3.43. The zero-order chi connectivity index (χ0) is 23.9. The van der Waals surface area contributed by atoms with Gasteiger partial charge in [-0.2, -0.15) is 0 Å². The normalized spacial score (nSPS) is 10.6. The van der Waals surface area contributed by atoms with E-state index in [9.17, 15) is 9.59 Å². The smallest absolute Gasteiger partial charge is 0.255 e. The Bertz CT molecular complexity index is 1340. The highest BCUT2D eigenvalue weighted by Crippen LogP contribution is 2.23. The van der Waals surface area contributed by atoms with Crippen LogP contribution < -0.4 is 21.7 Å². The Labute approximate surface area is 195 Å². The first-order valence-electron chi connectivity index (χ1n) is 10.5. The molecule has 10 nitrogen and oxygen atoms in total. The van der Waals surface area contributed by atoms with Gasteiger partial charge in [-0.05, 0) is 42.0 Å². The maximum atomic E-state index is 12.7. The fraction of sp³-hybridized carbons (Fsp3) is 0.125. The topological polar surface area (TPSA) is 155 Å². The summed E-state index contributed by atoms with van der Waals surface area (Å²) >= 11 is 0. The van der Waals surface area contributed by atoms with Crippen LogP contribution in [0, 0.1) is 0 Å². The number of primary amides is 1. The molecule has 0 unspecified atom stereocenters. The summed E-state index contributed by atoms with van der Waals surface area (Å²) in [6.07, 6.45) is 2.91.